The van der Waals surface area contributed by atoms with Gasteiger partial charge in [0.15, 0.2) is 0 Å². The molecule has 0 unspecified atom stereocenters. The second-order valence-electron chi connectivity index (χ2n) is 10.0. The van der Waals surface area contributed by atoms with E-state index in [-0.39, 0.29) is 65.0 Å². The minimum absolute atomic E-state index is 0.00618. The Labute approximate surface area is 274 Å². The van der Waals surface area contributed by atoms with E-state index < -0.39 is 34.1 Å². The van der Waals surface area contributed by atoms with Crippen LogP contribution in [0.5, 0.6) is 0 Å². The number of ether oxygens (including phenoxy) is 1. The zero-order chi connectivity index (χ0) is 33.6. The third-order valence-corrected chi connectivity index (χ3v) is 10.1. The highest BCUT2D eigenvalue weighted by Crippen LogP contribution is 2.47. The molecule has 2 heterocycles. The van der Waals surface area contributed by atoms with Crippen LogP contribution in [0.1, 0.15) is 22.3 Å². The Morgan fingerprint density at radius 1 is 1.02 bits per heavy atom. The molecule has 0 atom stereocenters. The van der Waals surface area contributed by atoms with Crippen LogP contribution in [0.4, 0.5) is 22.6 Å². The van der Waals surface area contributed by atoms with Crippen molar-refractivity contribution in [2.45, 2.75) is 11.3 Å². The van der Waals surface area contributed by atoms with Crippen molar-refractivity contribution in [3.63, 3.8) is 0 Å². The Bertz CT molecular complexity index is 2370. The van der Waals surface area contributed by atoms with Crippen LogP contribution in [-0.2, 0) is 14.8 Å². The highest BCUT2D eigenvalue weighted by molar-refractivity contribution is 7.90. The summed E-state index contributed by atoms with van der Waals surface area (Å²) in [6, 6.07) is 15.9. The number of halogens is 5. The zero-order valence-corrected chi connectivity index (χ0v) is 26.2. The zero-order valence-electron chi connectivity index (χ0n) is 23.8. The van der Waals surface area contributed by atoms with Gasteiger partial charge in [0, 0.05) is 32.7 Å². The smallest absolute Gasteiger partial charge is 0.340 e. The lowest BCUT2D eigenvalue weighted by atomic mass is 9.97. The predicted molar refractivity (Wildman–Crippen MR) is 170 cm³/mol. The number of hydrogen-bond donors (Lipinski definition) is 0. The summed E-state index contributed by atoms with van der Waals surface area (Å²) in [4.78, 5) is 19.5. The third-order valence-electron chi connectivity index (χ3n) is 7.35. The average Bonchev–Trinajstić information content (AvgIpc) is 3.67. The Morgan fingerprint density at radius 2 is 1.74 bits per heavy atom. The highest BCUT2D eigenvalue weighted by Gasteiger charge is 2.31. The molecule has 6 aromatic rings. The van der Waals surface area contributed by atoms with E-state index >= 15 is 4.39 Å². The second kappa shape index (κ2) is 12.3. The Balaban J connectivity index is 1.69. The van der Waals surface area contributed by atoms with E-state index in [1.165, 1.54) is 17.6 Å². The van der Waals surface area contributed by atoms with Crippen molar-refractivity contribution >= 4 is 54.8 Å². The molecule has 0 radical (unpaired) electrons. The minimum atomic E-state index is -4.59. The maximum atomic E-state index is 15.0. The first-order chi connectivity index (χ1) is 22.5. The summed E-state index contributed by atoms with van der Waals surface area (Å²) in [6.45, 7) is 7.70. The summed E-state index contributed by atoms with van der Waals surface area (Å²) in [6.07, 6.45) is -2.83. The number of aromatic nitrogens is 2. The van der Waals surface area contributed by atoms with Crippen LogP contribution in [-0.4, -0.2) is 30.5 Å². The van der Waals surface area contributed by atoms with Gasteiger partial charge < -0.3 is 4.74 Å². The number of carbonyl (C=O) groups excluding carboxylic acids is 1. The Hall–Kier alpha value is -5.03. The summed E-state index contributed by atoms with van der Waals surface area (Å²) in [5.41, 5.74) is 1.54. The monoisotopic (exact) mass is 695 g/mol. The summed E-state index contributed by atoms with van der Waals surface area (Å²) in [5, 5.41) is 0.210. The standard InChI is InChI=1S/C33H18ClF4N3O4S2/c1-39-32-29(40-16-46-32)28-24-13-20(35)8-11-27(24)41(47(43,44)21-9-6-17(7-10-21)31(37)38)30(28)19-5-3-4-18(12-19)22-15-26(36)23(14-25(22)34)33(42)45-2/h3-16,31H,2H3. The molecule has 236 valence electrons. The highest BCUT2D eigenvalue weighted by atomic mass is 35.5. The van der Waals surface area contributed by atoms with Crippen molar-refractivity contribution in [2.75, 3.05) is 7.11 Å². The molecule has 0 aliphatic heterocycles. The fourth-order valence-electron chi connectivity index (χ4n) is 5.24. The predicted octanol–water partition coefficient (Wildman–Crippen LogP) is 9.54. The fourth-order valence-corrected chi connectivity index (χ4v) is 7.63. The molecule has 0 amide bonds. The van der Waals surface area contributed by atoms with Crippen LogP contribution in [0.2, 0.25) is 5.02 Å². The third kappa shape index (κ3) is 5.54. The molecule has 0 saturated heterocycles. The molecule has 6 rings (SSSR count). The largest absolute Gasteiger partial charge is 0.465 e. The molecule has 4 aromatic carbocycles. The molecule has 0 fully saturated rings. The van der Waals surface area contributed by atoms with E-state index in [4.69, 9.17) is 18.2 Å². The molecular weight excluding hydrogens is 678 g/mol. The van der Waals surface area contributed by atoms with Gasteiger partial charge in [0.25, 0.3) is 21.4 Å². The quantitative estimate of drug-likeness (QED) is 0.0944. The van der Waals surface area contributed by atoms with Crippen molar-refractivity contribution in [3.05, 3.63) is 124 Å². The van der Waals surface area contributed by atoms with Gasteiger partial charge in [-0.3, -0.25) is 4.98 Å². The topological polar surface area (TPSA) is 82.6 Å². The number of rotatable bonds is 7. The molecule has 47 heavy (non-hydrogen) atoms. The average molecular weight is 696 g/mol. The van der Waals surface area contributed by atoms with Crippen LogP contribution in [0.25, 0.3) is 49.4 Å². The van der Waals surface area contributed by atoms with E-state index in [2.05, 4.69) is 14.6 Å². The molecule has 0 N–H and O–H groups in total. The summed E-state index contributed by atoms with van der Waals surface area (Å²) in [7, 11) is -3.49. The van der Waals surface area contributed by atoms with Gasteiger partial charge in [-0.15, -0.1) is 11.3 Å². The number of thiazole rings is 1. The van der Waals surface area contributed by atoms with Crippen molar-refractivity contribution in [3.8, 4) is 33.6 Å². The molecule has 0 spiro atoms. The summed E-state index contributed by atoms with van der Waals surface area (Å²) >= 11 is 7.48. The van der Waals surface area contributed by atoms with Crippen LogP contribution in [0.15, 0.2) is 89.3 Å². The van der Waals surface area contributed by atoms with Crippen LogP contribution >= 0.6 is 22.9 Å². The molecule has 0 aliphatic carbocycles. The van der Waals surface area contributed by atoms with Gasteiger partial charge >= 0.3 is 5.97 Å². The number of esters is 1. The minimum Gasteiger partial charge on any atom is -0.465 e. The number of methoxy groups -OCH3 is 1. The molecule has 0 aliphatic rings. The number of fused-ring (bicyclic) bond motifs is 1. The van der Waals surface area contributed by atoms with Crippen LogP contribution in [0.3, 0.4) is 0 Å². The fraction of sp³-hybridized carbons (Fsp3) is 0.0606. The normalized spacial score (nSPS) is 11.6. The van der Waals surface area contributed by atoms with Gasteiger partial charge in [0.2, 0.25) is 0 Å². The molecule has 0 bridgehead atoms. The summed E-state index contributed by atoms with van der Waals surface area (Å²) < 4.78 is 90.9. The van der Waals surface area contributed by atoms with E-state index in [1.807, 2.05) is 0 Å². The Kier molecular flexibility index (Phi) is 8.35. The van der Waals surface area contributed by atoms with Crippen molar-refractivity contribution in [2.24, 2.45) is 0 Å². The lowest BCUT2D eigenvalue weighted by molar-refractivity contribution is 0.0595. The first kappa shape index (κ1) is 31.9. The van der Waals surface area contributed by atoms with Gasteiger partial charge in [-0.05, 0) is 54.1 Å². The summed E-state index contributed by atoms with van der Waals surface area (Å²) in [5.74, 6) is -2.54. The molecular formula is C33H18ClF4N3O4S2. The van der Waals surface area contributed by atoms with Gasteiger partial charge in [0.1, 0.15) is 11.6 Å². The first-order valence-corrected chi connectivity index (χ1v) is 16.1. The van der Waals surface area contributed by atoms with Gasteiger partial charge in [-0.2, -0.15) is 0 Å². The molecule has 2 aromatic heterocycles. The second-order valence-corrected chi connectivity index (χ2v) is 13.1. The van der Waals surface area contributed by atoms with Gasteiger partial charge in [0.05, 0.1) is 46.6 Å². The lowest BCUT2D eigenvalue weighted by Crippen LogP contribution is -2.14. The number of alkyl halides is 2. The van der Waals surface area contributed by atoms with Crippen molar-refractivity contribution in [1.29, 1.82) is 0 Å². The maximum Gasteiger partial charge on any atom is 0.340 e. The lowest BCUT2D eigenvalue weighted by Gasteiger charge is -2.15. The van der Waals surface area contributed by atoms with E-state index in [0.717, 1.165) is 70.9 Å². The van der Waals surface area contributed by atoms with Crippen LogP contribution < -0.4 is 0 Å². The first-order valence-electron chi connectivity index (χ1n) is 13.4. The molecule has 7 nitrogen and oxygen atoms in total. The Morgan fingerprint density at radius 3 is 2.43 bits per heavy atom. The van der Waals surface area contributed by atoms with E-state index in [0.29, 0.717) is 5.56 Å². The van der Waals surface area contributed by atoms with Gasteiger partial charge in [-0.1, -0.05) is 41.9 Å². The van der Waals surface area contributed by atoms with E-state index in [1.54, 1.807) is 18.2 Å². The maximum absolute atomic E-state index is 15.0. The van der Waals surface area contributed by atoms with Gasteiger partial charge in [-0.25, -0.2) is 39.6 Å². The number of hydrogen-bond acceptors (Lipinski definition) is 6. The molecule has 14 heteroatoms. The number of benzene rings is 4. The number of nitrogens with zero attached hydrogens (tertiary/aromatic N) is 3. The van der Waals surface area contributed by atoms with Crippen molar-refractivity contribution < 1.29 is 35.5 Å². The molecule has 0 saturated carbocycles. The number of carbonyl (C=O) groups is 1. The van der Waals surface area contributed by atoms with E-state index in [9.17, 15) is 26.4 Å². The van der Waals surface area contributed by atoms with Crippen molar-refractivity contribution in [1.82, 2.24) is 8.96 Å². The van der Waals surface area contributed by atoms with Crippen LogP contribution in [0, 0.1) is 18.2 Å². The SMILES string of the molecule is [C-]#[N+]c1scnc1-c1c(-c2cccc(-c3cc(F)c(C(=O)OC)cc3Cl)c2)n(S(=O)(=O)c2ccc(C(F)F)cc2)c2ccc(F)cc12.